The van der Waals surface area contributed by atoms with Gasteiger partial charge in [0.2, 0.25) is 0 Å². The zero-order valence-electron chi connectivity index (χ0n) is 14.8. The second kappa shape index (κ2) is 10.5. The molecule has 7 heteroatoms. The van der Waals surface area contributed by atoms with Crippen molar-refractivity contribution in [3.05, 3.63) is 48.5 Å². The van der Waals surface area contributed by atoms with Gasteiger partial charge in [-0.3, -0.25) is 0 Å². The number of nitrogens with two attached hydrogens (primary N) is 1. The molecular weight excluding hydrogens is 352 g/mol. The summed E-state index contributed by atoms with van der Waals surface area (Å²) in [6, 6.07) is 14.0. The van der Waals surface area contributed by atoms with Gasteiger partial charge in [-0.25, -0.2) is 9.10 Å². The standard InChI is InChI=1S/C19H24N2O4S/c1-23-16-8-10-17(11-9-16)24-12-3-2-4-13-25-18-7-5-6-15(14-18)21(26)19(20)22/h5-11,14,26H,2-4,12-13H2,1H3,(H2,20,22). The van der Waals surface area contributed by atoms with E-state index >= 15 is 0 Å². The minimum absolute atomic E-state index is 0.575. The first kappa shape index (κ1) is 19.8. The van der Waals surface area contributed by atoms with Gasteiger partial charge < -0.3 is 19.9 Å². The van der Waals surface area contributed by atoms with E-state index in [0.717, 1.165) is 35.1 Å². The van der Waals surface area contributed by atoms with E-state index in [1.165, 1.54) is 0 Å². The lowest BCUT2D eigenvalue weighted by molar-refractivity contribution is 0.257. The monoisotopic (exact) mass is 376 g/mol. The van der Waals surface area contributed by atoms with Crippen LogP contribution in [0.5, 0.6) is 17.2 Å². The Morgan fingerprint density at radius 2 is 1.58 bits per heavy atom. The van der Waals surface area contributed by atoms with Gasteiger partial charge in [0.25, 0.3) is 0 Å². The van der Waals surface area contributed by atoms with Crippen LogP contribution in [-0.4, -0.2) is 26.4 Å². The van der Waals surface area contributed by atoms with Crippen molar-refractivity contribution in [2.24, 2.45) is 5.73 Å². The molecule has 0 aliphatic rings. The van der Waals surface area contributed by atoms with Crippen LogP contribution < -0.4 is 24.2 Å². The van der Waals surface area contributed by atoms with Crippen LogP contribution in [0.25, 0.3) is 0 Å². The van der Waals surface area contributed by atoms with Crippen LogP contribution in [0, 0.1) is 0 Å². The maximum absolute atomic E-state index is 11.1. The molecule has 2 rings (SSSR count). The molecule has 6 nitrogen and oxygen atoms in total. The molecule has 0 aliphatic carbocycles. The molecule has 2 aromatic carbocycles. The molecule has 0 aromatic heterocycles. The van der Waals surface area contributed by atoms with Gasteiger partial charge in [0.15, 0.2) is 0 Å². The number of carbonyl (C=O) groups is 1. The number of thiol groups is 1. The first-order valence-corrected chi connectivity index (χ1v) is 8.78. The summed E-state index contributed by atoms with van der Waals surface area (Å²) < 4.78 is 17.6. The van der Waals surface area contributed by atoms with E-state index < -0.39 is 6.03 Å². The van der Waals surface area contributed by atoms with Gasteiger partial charge in [-0.05, 0) is 55.7 Å². The van der Waals surface area contributed by atoms with Gasteiger partial charge >= 0.3 is 6.03 Å². The third-order valence-electron chi connectivity index (χ3n) is 3.66. The minimum Gasteiger partial charge on any atom is -0.497 e. The Balaban J connectivity index is 1.61. The second-order valence-corrected chi connectivity index (χ2v) is 5.98. The second-order valence-electron chi connectivity index (χ2n) is 5.58. The van der Waals surface area contributed by atoms with Crippen molar-refractivity contribution in [2.75, 3.05) is 24.6 Å². The lowest BCUT2D eigenvalue weighted by atomic mass is 10.2. The van der Waals surface area contributed by atoms with Crippen LogP contribution in [0.4, 0.5) is 10.5 Å². The normalized spacial score (nSPS) is 10.2. The predicted molar refractivity (Wildman–Crippen MR) is 105 cm³/mol. The summed E-state index contributed by atoms with van der Waals surface area (Å²) in [7, 11) is 1.64. The van der Waals surface area contributed by atoms with Gasteiger partial charge in [0, 0.05) is 6.07 Å². The van der Waals surface area contributed by atoms with Crippen molar-refractivity contribution in [2.45, 2.75) is 19.3 Å². The fourth-order valence-corrected chi connectivity index (χ4v) is 2.39. The Morgan fingerprint density at radius 1 is 0.962 bits per heavy atom. The number of ether oxygens (including phenoxy) is 3. The molecule has 0 unspecified atom stereocenters. The summed E-state index contributed by atoms with van der Waals surface area (Å²) in [4.78, 5) is 11.1. The molecule has 0 fully saturated rings. The minimum atomic E-state index is -0.637. The molecule has 0 saturated carbocycles. The van der Waals surface area contributed by atoms with Crippen LogP contribution in [0.3, 0.4) is 0 Å². The van der Waals surface area contributed by atoms with Gasteiger partial charge in [0.1, 0.15) is 17.2 Å². The fourth-order valence-electron chi connectivity index (χ4n) is 2.27. The first-order valence-electron chi connectivity index (χ1n) is 8.38. The van der Waals surface area contributed by atoms with Crippen molar-refractivity contribution in [1.82, 2.24) is 0 Å². The molecule has 0 saturated heterocycles. The SMILES string of the molecule is COc1ccc(OCCCCCOc2cccc(N(S)C(N)=O)c2)cc1. The molecule has 26 heavy (non-hydrogen) atoms. The fraction of sp³-hybridized carbons (Fsp3) is 0.316. The number of hydrogen-bond acceptors (Lipinski definition) is 5. The highest BCUT2D eigenvalue weighted by Crippen LogP contribution is 2.22. The van der Waals surface area contributed by atoms with E-state index in [-0.39, 0.29) is 0 Å². The van der Waals surface area contributed by atoms with Crippen molar-refractivity contribution < 1.29 is 19.0 Å². The molecule has 2 amide bonds. The van der Waals surface area contributed by atoms with Crippen LogP contribution in [-0.2, 0) is 0 Å². The highest BCUT2D eigenvalue weighted by Gasteiger charge is 2.08. The first-order chi connectivity index (χ1) is 12.6. The Labute approximate surface area is 159 Å². The van der Waals surface area contributed by atoms with E-state index in [2.05, 4.69) is 12.8 Å². The Morgan fingerprint density at radius 3 is 2.19 bits per heavy atom. The summed E-state index contributed by atoms with van der Waals surface area (Å²) in [5, 5.41) is 0. The lowest BCUT2D eigenvalue weighted by Crippen LogP contribution is -2.27. The summed E-state index contributed by atoms with van der Waals surface area (Å²) in [5.74, 6) is 2.33. The number of nitrogens with zero attached hydrogens (tertiary/aromatic N) is 1. The number of amides is 2. The number of carbonyl (C=O) groups excluding carboxylic acids is 1. The molecule has 0 radical (unpaired) electrons. The highest BCUT2D eigenvalue weighted by atomic mass is 32.1. The number of anilines is 1. The molecule has 0 aliphatic heterocycles. The van der Waals surface area contributed by atoms with Crippen molar-refractivity contribution >= 4 is 24.5 Å². The molecule has 0 spiro atoms. The summed E-state index contributed by atoms with van der Waals surface area (Å²) >= 11 is 4.03. The smallest absolute Gasteiger partial charge is 0.329 e. The van der Waals surface area contributed by atoms with Gasteiger partial charge in [0.05, 0.1) is 26.0 Å². The average Bonchev–Trinajstić information content (AvgIpc) is 2.67. The number of rotatable bonds is 10. The molecule has 2 aromatic rings. The highest BCUT2D eigenvalue weighted by molar-refractivity contribution is 7.82. The Bertz CT molecular complexity index is 694. The number of hydrogen-bond donors (Lipinski definition) is 2. The van der Waals surface area contributed by atoms with Crippen LogP contribution >= 0.6 is 12.8 Å². The third-order valence-corrected chi connectivity index (χ3v) is 4.08. The molecule has 0 atom stereocenters. The van der Waals surface area contributed by atoms with Crippen molar-refractivity contribution in [3.8, 4) is 17.2 Å². The molecular formula is C19H24N2O4S. The van der Waals surface area contributed by atoms with E-state index in [0.29, 0.717) is 24.7 Å². The number of benzene rings is 2. The van der Waals surface area contributed by atoms with Crippen molar-refractivity contribution in [3.63, 3.8) is 0 Å². The number of primary amides is 1. The summed E-state index contributed by atoms with van der Waals surface area (Å²) in [6.45, 7) is 1.25. The number of unbranched alkanes of at least 4 members (excludes halogenated alkanes) is 2. The van der Waals surface area contributed by atoms with E-state index in [1.54, 1.807) is 25.3 Å². The number of urea groups is 1. The van der Waals surface area contributed by atoms with Crippen LogP contribution in [0.1, 0.15) is 19.3 Å². The molecule has 140 valence electrons. The van der Waals surface area contributed by atoms with Gasteiger partial charge in [-0.15, -0.1) is 0 Å². The molecule has 0 bridgehead atoms. The third kappa shape index (κ3) is 6.40. The lowest BCUT2D eigenvalue weighted by Gasteiger charge is -2.14. The largest absolute Gasteiger partial charge is 0.497 e. The van der Waals surface area contributed by atoms with Gasteiger partial charge in [-0.2, -0.15) is 0 Å². The summed E-state index contributed by atoms with van der Waals surface area (Å²) in [6.07, 6.45) is 2.86. The summed E-state index contributed by atoms with van der Waals surface area (Å²) in [5.41, 5.74) is 5.77. The zero-order valence-corrected chi connectivity index (χ0v) is 15.7. The quantitative estimate of drug-likeness (QED) is 0.484. The maximum Gasteiger partial charge on any atom is 0.329 e. The van der Waals surface area contributed by atoms with E-state index in [4.69, 9.17) is 19.9 Å². The van der Waals surface area contributed by atoms with Crippen LogP contribution in [0.2, 0.25) is 0 Å². The van der Waals surface area contributed by atoms with Crippen LogP contribution in [0.15, 0.2) is 48.5 Å². The van der Waals surface area contributed by atoms with Gasteiger partial charge in [-0.1, -0.05) is 18.9 Å². The number of methoxy groups -OCH3 is 1. The maximum atomic E-state index is 11.1. The zero-order chi connectivity index (χ0) is 18.8. The Hall–Kier alpha value is -2.54. The topological polar surface area (TPSA) is 74.0 Å². The predicted octanol–water partition coefficient (Wildman–Crippen LogP) is 4.05. The van der Waals surface area contributed by atoms with Crippen molar-refractivity contribution in [1.29, 1.82) is 0 Å². The molecule has 0 heterocycles. The van der Waals surface area contributed by atoms with E-state index in [9.17, 15) is 4.79 Å². The van der Waals surface area contributed by atoms with E-state index in [1.807, 2.05) is 30.3 Å². The average molecular weight is 376 g/mol. The molecule has 2 N–H and O–H groups in total. The Kier molecular flexibility index (Phi) is 7.95.